The van der Waals surface area contributed by atoms with Crippen LogP contribution in [0.2, 0.25) is 5.02 Å². The molecule has 0 saturated heterocycles. The molecule has 2 amide bonds. The Morgan fingerprint density at radius 1 is 0.968 bits per heavy atom. The molecule has 1 aromatic heterocycles. The van der Waals surface area contributed by atoms with Crippen molar-refractivity contribution in [3.05, 3.63) is 82.6 Å². The van der Waals surface area contributed by atoms with E-state index < -0.39 is 5.82 Å². The second-order valence-corrected chi connectivity index (χ2v) is 7.36. The van der Waals surface area contributed by atoms with Crippen LogP contribution in [0.15, 0.2) is 65.2 Å². The molecule has 0 spiro atoms. The highest BCUT2D eigenvalue weighted by Crippen LogP contribution is 2.36. The van der Waals surface area contributed by atoms with Crippen LogP contribution in [-0.4, -0.2) is 35.0 Å². The van der Waals surface area contributed by atoms with Crippen molar-refractivity contribution in [2.75, 3.05) is 13.2 Å². The zero-order chi connectivity index (χ0) is 21.5. The molecule has 0 unspecified atom stereocenters. The summed E-state index contributed by atoms with van der Waals surface area (Å²) in [5.74, 6) is -0.752. The van der Waals surface area contributed by atoms with Crippen LogP contribution in [0.4, 0.5) is 4.39 Å². The summed E-state index contributed by atoms with van der Waals surface area (Å²) in [5, 5.41) is 4.71. The minimum absolute atomic E-state index is 0.0631. The lowest BCUT2D eigenvalue weighted by Gasteiger charge is -2.14. The van der Waals surface area contributed by atoms with Crippen LogP contribution < -0.4 is 4.74 Å². The lowest BCUT2D eigenvalue weighted by atomic mass is 10.1. The third-order valence-electron chi connectivity index (χ3n) is 5.09. The molecule has 31 heavy (non-hydrogen) atoms. The largest absolute Gasteiger partial charge is 0.492 e. The predicted octanol–water partition coefficient (Wildman–Crippen LogP) is 4.96. The second-order valence-electron chi connectivity index (χ2n) is 6.95. The van der Waals surface area contributed by atoms with Crippen molar-refractivity contribution in [1.29, 1.82) is 0 Å². The zero-order valence-corrected chi connectivity index (χ0v) is 16.7. The topological polar surface area (TPSA) is 72.6 Å². The van der Waals surface area contributed by atoms with E-state index in [1.165, 1.54) is 6.07 Å². The lowest BCUT2D eigenvalue weighted by Crippen LogP contribution is -2.33. The van der Waals surface area contributed by atoms with Gasteiger partial charge in [0, 0.05) is 11.6 Å². The van der Waals surface area contributed by atoms with Gasteiger partial charge in [0.05, 0.1) is 28.1 Å². The van der Waals surface area contributed by atoms with E-state index in [0.29, 0.717) is 33.5 Å². The first-order valence-corrected chi connectivity index (χ1v) is 9.84. The standard InChI is InChI=1S/C23H14ClFN2O4/c24-18-12-13(11-17-20(26-31-21(17)18)16-7-3-4-8-19(16)25)30-10-9-27-22(28)14-5-1-2-6-15(14)23(27)29/h1-8,11-12H,9-10H2. The van der Waals surface area contributed by atoms with Gasteiger partial charge >= 0.3 is 0 Å². The molecule has 1 aliphatic heterocycles. The van der Waals surface area contributed by atoms with Gasteiger partial charge in [-0.15, -0.1) is 0 Å². The van der Waals surface area contributed by atoms with Crippen LogP contribution in [0.25, 0.3) is 22.2 Å². The van der Waals surface area contributed by atoms with Crippen LogP contribution in [0, 0.1) is 5.82 Å². The van der Waals surface area contributed by atoms with Crippen molar-refractivity contribution < 1.29 is 23.2 Å². The number of fused-ring (bicyclic) bond motifs is 2. The summed E-state index contributed by atoms with van der Waals surface area (Å²) in [6.07, 6.45) is 0. The number of amides is 2. The molecular formula is C23H14ClFN2O4. The Balaban J connectivity index is 1.37. The summed E-state index contributed by atoms with van der Waals surface area (Å²) in [5.41, 5.74) is 1.67. The fourth-order valence-electron chi connectivity index (χ4n) is 3.61. The maximum atomic E-state index is 14.2. The van der Waals surface area contributed by atoms with E-state index in [2.05, 4.69) is 5.16 Å². The number of ether oxygens (including phenoxy) is 1. The van der Waals surface area contributed by atoms with Gasteiger partial charge in [-0.3, -0.25) is 14.5 Å². The quantitative estimate of drug-likeness (QED) is 0.413. The Morgan fingerprint density at radius 2 is 1.61 bits per heavy atom. The van der Waals surface area contributed by atoms with E-state index in [4.69, 9.17) is 20.9 Å². The number of rotatable bonds is 5. The monoisotopic (exact) mass is 436 g/mol. The van der Waals surface area contributed by atoms with Crippen molar-refractivity contribution in [3.63, 3.8) is 0 Å². The molecule has 0 aliphatic carbocycles. The average molecular weight is 437 g/mol. The van der Waals surface area contributed by atoms with Crippen molar-refractivity contribution >= 4 is 34.4 Å². The summed E-state index contributed by atoms with van der Waals surface area (Å²) in [6.45, 7) is 0.138. The Labute approximate surface area is 180 Å². The fraction of sp³-hybridized carbons (Fsp3) is 0.0870. The molecule has 0 bridgehead atoms. The van der Waals surface area contributed by atoms with E-state index in [1.807, 2.05) is 0 Å². The van der Waals surface area contributed by atoms with Gasteiger partial charge in [-0.05, 0) is 30.3 Å². The second kappa shape index (κ2) is 7.52. The van der Waals surface area contributed by atoms with Gasteiger partial charge in [0.1, 0.15) is 23.9 Å². The molecule has 0 radical (unpaired) electrons. The van der Waals surface area contributed by atoms with Gasteiger partial charge < -0.3 is 9.26 Å². The van der Waals surface area contributed by atoms with Crippen molar-refractivity contribution in [3.8, 4) is 17.0 Å². The zero-order valence-electron chi connectivity index (χ0n) is 16.0. The highest BCUT2D eigenvalue weighted by Gasteiger charge is 2.34. The van der Waals surface area contributed by atoms with Crippen molar-refractivity contribution in [2.24, 2.45) is 0 Å². The smallest absolute Gasteiger partial charge is 0.261 e. The molecule has 8 heteroatoms. The Morgan fingerprint density at radius 3 is 2.29 bits per heavy atom. The number of carbonyl (C=O) groups is 2. The molecule has 5 rings (SSSR count). The van der Waals surface area contributed by atoms with E-state index in [9.17, 15) is 14.0 Å². The van der Waals surface area contributed by atoms with Gasteiger partial charge in [0.15, 0.2) is 5.58 Å². The first kappa shape index (κ1) is 19.3. The van der Waals surface area contributed by atoms with Gasteiger partial charge in [0.2, 0.25) is 0 Å². The van der Waals surface area contributed by atoms with Crippen molar-refractivity contribution in [1.82, 2.24) is 10.1 Å². The molecule has 154 valence electrons. The molecule has 6 nitrogen and oxygen atoms in total. The number of carbonyl (C=O) groups excluding carboxylic acids is 2. The third kappa shape index (κ3) is 3.23. The normalized spacial score (nSPS) is 13.2. The molecule has 1 aliphatic rings. The number of halogens is 2. The van der Waals surface area contributed by atoms with Crippen molar-refractivity contribution in [2.45, 2.75) is 0 Å². The molecule has 0 fully saturated rings. The minimum Gasteiger partial charge on any atom is -0.492 e. The summed E-state index contributed by atoms with van der Waals surface area (Å²) in [7, 11) is 0. The first-order valence-electron chi connectivity index (χ1n) is 9.46. The average Bonchev–Trinajstić information content (AvgIpc) is 3.30. The van der Waals surface area contributed by atoms with Crippen LogP contribution in [0.3, 0.4) is 0 Å². The molecular weight excluding hydrogens is 423 g/mol. The predicted molar refractivity (Wildman–Crippen MR) is 112 cm³/mol. The number of aromatic nitrogens is 1. The summed E-state index contributed by atoms with van der Waals surface area (Å²) in [6, 6.07) is 16.1. The molecule has 0 atom stereocenters. The van der Waals surface area contributed by atoms with E-state index in [0.717, 1.165) is 4.90 Å². The van der Waals surface area contributed by atoms with Crippen LogP contribution in [0.1, 0.15) is 20.7 Å². The van der Waals surface area contributed by atoms with Gasteiger partial charge in [-0.25, -0.2) is 4.39 Å². The third-order valence-corrected chi connectivity index (χ3v) is 5.37. The highest BCUT2D eigenvalue weighted by molar-refractivity contribution is 6.35. The number of hydrogen-bond donors (Lipinski definition) is 0. The Bertz CT molecular complexity index is 1320. The van der Waals surface area contributed by atoms with Crippen LogP contribution >= 0.6 is 11.6 Å². The summed E-state index contributed by atoms with van der Waals surface area (Å²) >= 11 is 6.29. The molecule has 3 aromatic carbocycles. The minimum atomic E-state index is -0.439. The first-order chi connectivity index (χ1) is 15.0. The van der Waals surface area contributed by atoms with E-state index in [1.54, 1.807) is 54.6 Å². The van der Waals surface area contributed by atoms with E-state index >= 15 is 0 Å². The van der Waals surface area contributed by atoms with Crippen LogP contribution in [0.5, 0.6) is 5.75 Å². The van der Waals surface area contributed by atoms with Gasteiger partial charge in [-0.1, -0.05) is 41.0 Å². The van der Waals surface area contributed by atoms with Gasteiger partial charge in [0.25, 0.3) is 11.8 Å². The van der Waals surface area contributed by atoms with Gasteiger partial charge in [-0.2, -0.15) is 0 Å². The Kier molecular flexibility index (Phi) is 4.67. The SMILES string of the molecule is O=C1c2ccccc2C(=O)N1CCOc1cc(Cl)c2onc(-c3ccccc3F)c2c1. The number of hydrogen-bond acceptors (Lipinski definition) is 5. The fourth-order valence-corrected chi connectivity index (χ4v) is 3.85. The maximum absolute atomic E-state index is 14.2. The Hall–Kier alpha value is -3.71. The molecule has 0 N–H and O–H groups in total. The molecule has 2 heterocycles. The van der Waals surface area contributed by atoms with E-state index in [-0.39, 0.29) is 35.6 Å². The lowest BCUT2D eigenvalue weighted by molar-refractivity contribution is 0.0631. The summed E-state index contributed by atoms with van der Waals surface area (Å²) < 4.78 is 25.3. The summed E-state index contributed by atoms with van der Waals surface area (Å²) in [4.78, 5) is 26.0. The molecule has 4 aromatic rings. The number of benzene rings is 3. The molecule has 0 saturated carbocycles. The number of imide groups is 1. The maximum Gasteiger partial charge on any atom is 0.261 e. The van der Waals surface area contributed by atoms with Crippen LogP contribution in [-0.2, 0) is 0 Å². The highest BCUT2D eigenvalue weighted by atomic mass is 35.5. The number of nitrogens with zero attached hydrogens (tertiary/aromatic N) is 2.